The number of ether oxygens (including phenoxy) is 2. The number of rotatable bonds is 6. The van der Waals surface area contributed by atoms with Crippen molar-refractivity contribution in [1.82, 2.24) is 0 Å². The summed E-state index contributed by atoms with van der Waals surface area (Å²) >= 11 is 3.43. The minimum atomic E-state index is -2.86. The van der Waals surface area contributed by atoms with E-state index in [9.17, 15) is 8.78 Å². The van der Waals surface area contributed by atoms with Gasteiger partial charge in [-0.1, -0.05) is 47.5 Å². The second-order valence-electron chi connectivity index (χ2n) is 4.30. The highest BCUT2D eigenvalue weighted by Crippen LogP contribution is 2.30. The lowest BCUT2D eigenvalue weighted by atomic mass is 10.0. The molecule has 1 aromatic rings. The van der Waals surface area contributed by atoms with E-state index < -0.39 is 6.61 Å². The molecule has 0 fully saturated rings. The van der Waals surface area contributed by atoms with E-state index in [1.165, 1.54) is 18.7 Å². The summed E-state index contributed by atoms with van der Waals surface area (Å²) in [5.41, 5.74) is 2.10. The third kappa shape index (κ3) is 4.82. The van der Waals surface area contributed by atoms with E-state index in [1.807, 2.05) is 6.08 Å². The van der Waals surface area contributed by atoms with Crippen LogP contribution in [0.4, 0.5) is 8.78 Å². The number of alkyl halides is 3. The Labute approximate surface area is 120 Å². The molecule has 0 aliphatic carbocycles. The predicted octanol–water partition coefficient (Wildman–Crippen LogP) is 4.73. The lowest BCUT2D eigenvalue weighted by Crippen LogP contribution is -2.03. The normalized spacial score (nSPS) is 12.1. The van der Waals surface area contributed by atoms with Crippen molar-refractivity contribution in [3.63, 3.8) is 0 Å². The van der Waals surface area contributed by atoms with E-state index in [2.05, 4.69) is 34.5 Å². The fourth-order valence-corrected chi connectivity index (χ4v) is 2.35. The molecule has 1 aromatic carbocycles. The molecule has 19 heavy (non-hydrogen) atoms. The van der Waals surface area contributed by atoms with Crippen molar-refractivity contribution in [3.8, 4) is 11.5 Å². The molecule has 1 rings (SSSR count). The van der Waals surface area contributed by atoms with Crippen LogP contribution in [0.15, 0.2) is 23.8 Å². The number of allylic oxidation sites excluding steroid dienone is 1. The summed E-state index contributed by atoms with van der Waals surface area (Å²) in [4.78, 5) is 0. The number of halogens is 3. The van der Waals surface area contributed by atoms with Gasteiger partial charge in [0.2, 0.25) is 0 Å². The fourth-order valence-electron chi connectivity index (χ4n) is 1.54. The van der Waals surface area contributed by atoms with Gasteiger partial charge in [0, 0.05) is 5.33 Å². The summed E-state index contributed by atoms with van der Waals surface area (Å²) in [6.45, 7) is 1.33. The van der Waals surface area contributed by atoms with Gasteiger partial charge >= 0.3 is 6.61 Å². The van der Waals surface area contributed by atoms with Gasteiger partial charge in [0.05, 0.1) is 7.11 Å². The highest BCUT2D eigenvalue weighted by atomic mass is 79.9. The van der Waals surface area contributed by atoms with Gasteiger partial charge in [-0.3, -0.25) is 0 Å². The molecule has 0 heterocycles. The first kappa shape index (κ1) is 16.0. The van der Waals surface area contributed by atoms with Gasteiger partial charge in [-0.2, -0.15) is 8.78 Å². The van der Waals surface area contributed by atoms with Crippen molar-refractivity contribution in [2.45, 2.75) is 20.5 Å². The van der Waals surface area contributed by atoms with Crippen LogP contribution in [0.5, 0.6) is 11.5 Å². The van der Waals surface area contributed by atoms with Crippen molar-refractivity contribution in [1.29, 1.82) is 0 Å². The van der Waals surface area contributed by atoms with Gasteiger partial charge in [0.15, 0.2) is 11.5 Å². The zero-order valence-corrected chi connectivity index (χ0v) is 12.7. The maximum Gasteiger partial charge on any atom is 0.387 e. The zero-order chi connectivity index (χ0) is 14.4. The van der Waals surface area contributed by atoms with Crippen molar-refractivity contribution < 1.29 is 18.3 Å². The van der Waals surface area contributed by atoms with Gasteiger partial charge in [-0.15, -0.1) is 0 Å². The minimum Gasteiger partial charge on any atom is -0.493 e. The van der Waals surface area contributed by atoms with E-state index >= 15 is 0 Å². The van der Waals surface area contributed by atoms with Crippen LogP contribution >= 0.6 is 15.9 Å². The topological polar surface area (TPSA) is 18.5 Å². The Morgan fingerprint density at radius 3 is 2.47 bits per heavy atom. The Bertz CT molecular complexity index is 445. The molecule has 0 spiro atoms. The van der Waals surface area contributed by atoms with Gasteiger partial charge in [0.25, 0.3) is 0 Å². The number of hydrogen-bond donors (Lipinski definition) is 0. The fraction of sp³-hybridized carbons (Fsp3) is 0.429. The van der Waals surface area contributed by atoms with Crippen LogP contribution in [0.2, 0.25) is 0 Å². The van der Waals surface area contributed by atoms with Gasteiger partial charge in [-0.25, -0.2) is 0 Å². The second-order valence-corrected chi connectivity index (χ2v) is 4.86. The SMILES string of the molecule is COc1cc(C=C(CBr)C(C)C)ccc1OC(F)F. The molecule has 0 amide bonds. The summed E-state index contributed by atoms with van der Waals surface area (Å²) in [7, 11) is 1.43. The highest BCUT2D eigenvalue weighted by molar-refractivity contribution is 9.09. The molecule has 0 bridgehead atoms. The molecule has 0 saturated heterocycles. The average molecular weight is 335 g/mol. The molecule has 0 atom stereocenters. The summed E-state index contributed by atoms with van der Waals surface area (Å²) in [6, 6.07) is 4.90. The largest absolute Gasteiger partial charge is 0.493 e. The van der Waals surface area contributed by atoms with E-state index in [1.54, 1.807) is 12.1 Å². The molecule has 0 aromatic heterocycles. The van der Waals surface area contributed by atoms with E-state index in [0.717, 1.165) is 10.9 Å². The van der Waals surface area contributed by atoms with Crippen molar-refractivity contribution in [2.24, 2.45) is 5.92 Å². The third-order valence-corrected chi connectivity index (χ3v) is 3.30. The highest BCUT2D eigenvalue weighted by Gasteiger charge is 2.11. The van der Waals surface area contributed by atoms with E-state index in [0.29, 0.717) is 11.7 Å². The summed E-state index contributed by atoms with van der Waals surface area (Å²) in [5, 5.41) is 0.766. The van der Waals surface area contributed by atoms with Crippen LogP contribution in [0, 0.1) is 5.92 Å². The standard InChI is InChI=1S/C14H17BrF2O2/c1-9(2)11(8-15)6-10-4-5-12(19-14(16)17)13(7-10)18-3/h4-7,9,14H,8H2,1-3H3. The van der Waals surface area contributed by atoms with Crippen LogP contribution in [-0.4, -0.2) is 19.1 Å². The second kappa shape index (κ2) is 7.48. The van der Waals surface area contributed by atoms with E-state index in [-0.39, 0.29) is 5.75 Å². The first-order valence-electron chi connectivity index (χ1n) is 5.87. The Hall–Kier alpha value is -1.10. The summed E-state index contributed by atoms with van der Waals surface area (Å²) < 4.78 is 33.9. The number of benzene rings is 1. The first-order chi connectivity index (χ1) is 8.97. The Morgan fingerprint density at radius 2 is 2.00 bits per heavy atom. The molecule has 0 N–H and O–H groups in total. The van der Waals surface area contributed by atoms with Crippen molar-refractivity contribution in [2.75, 3.05) is 12.4 Å². The van der Waals surface area contributed by atoms with E-state index in [4.69, 9.17) is 4.74 Å². The van der Waals surface area contributed by atoms with Gasteiger partial charge in [0.1, 0.15) is 0 Å². The maximum absolute atomic E-state index is 12.2. The number of methoxy groups -OCH3 is 1. The lowest BCUT2D eigenvalue weighted by molar-refractivity contribution is -0.0512. The Balaban J connectivity index is 3.06. The van der Waals surface area contributed by atoms with Crippen LogP contribution < -0.4 is 9.47 Å². The molecule has 0 aliphatic heterocycles. The molecular weight excluding hydrogens is 318 g/mol. The van der Waals surface area contributed by atoms with Crippen molar-refractivity contribution >= 4 is 22.0 Å². The molecule has 0 saturated carbocycles. The molecular formula is C14H17BrF2O2. The van der Waals surface area contributed by atoms with Crippen LogP contribution in [0.1, 0.15) is 19.4 Å². The first-order valence-corrected chi connectivity index (χ1v) is 6.99. The zero-order valence-electron chi connectivity index (χ0n) is 11.1. The molecule has 106 valence electrons. The average Bonchev–Trinajstić information content (AvgIpc) is 2.36. The van der Waals surface area contributed by atoms with Crippen molar-refractivity contribution in [3.05, 3.63) is 29.3 Å². The predicted molar refractivity (Wildman–Crippen MR) is 76.2 cm³/mol. The van der Waals surface area contributed by atoms with Crippen LogP contribution in [0.3, 0.4) is 0 Å². The Morgan fingerprint density at radius 1 is 1.32 bits per heavy atom. The maximum atomic E-state index is 12.2. The molecule has 5 heteroatoms. The molecule has 0 unspecified atom stereocenters. The van der Waals surface area contributed by atoms with Crippen LogP contribution in [-0.2, 0) is 0 Å². The minimum absolute atomic E-state index is 0.0413. The third-order valence-electron chi connectivity index (χ3n) is 2.65. The monoisotopic (exact) mass is 334 g/mol. The Kier molecular flexibility index (Phi) is 6.28. The molecule has 0 radical (unpaired) electrons. The molecule has 2 nitrogen and oxygen atoms in total. The summed E-state index contributed by atoms with van der Waals surface area (Å²) in [6.07, 6.45) is 2.01. The summed E-state index contributed by atoms with van der Waals surface area (Å²) in [5.74, 6) is 0.744. The molecule has 0 aliphatic rings. The quantitative estimate of drug-likeness (QED) is 0.700. The lowest BCUT2D eigenvalue weighted by Gasteiger charge is -2.12. The smallest absolute Gasteiger partial charge is 0.387 e. The van der Waals surface area contributed by atoms with Crippen LogP contribution in [0.25, 0.3) is 6.08 Å². The van der Waals surface area contributed by atoms with Gasteiger partial charge < -0.3 is 9.47 Å². The number of hydrogen-bond acceptors (Lipinski definition) is 2. The van der Waals surface area contributed by atoms with Gasteiger partial charge in [-0.05, 0) is 23.6 Å².